The highest BCUT2D eigenvalue weighted by Crippen LogP contribution is 2.45. The van der Waals surface area contributed by atoms with Crippen LogP contribution in [0.15, 0.2) is 48.8 Å². The number of carboxylic acids is 1. The van der Waals surface area contributed by atoms with Crippen LogP contribution in [0.4, 0.5) is 56.8 Å². The Hall–Kier alpha value is -4.77. The summed E-state index contributed by atoms with van der Waals surface area (Å²) in [5, 5.41) is 8.98. The maximum Gasteiger partial charge on any atom is 0.416 e. The molecule has 0 bridgehead atoms. The molecule has 0 unspecified atom stereocenters. The van der Waals surface area contributed by atoms with E-state index in [1.165, 1.54) is 28.3 Å². The molecule has 18 heteroatoms. The van der Waals surface area contributed by atoms with Gasteiger partial charge in [0, 0.05) is 38.9 Å². The number of rotatable bonds is 11. The summed E-state index contributed by atoms with van der Waals surface area (Å²) in [5.74, 6) is -1.21. The highest BCUT2D eigenvalue weighted by molar-refractivity contribution is 5.67. The van der Waals surface area contributed by atoms with E-state index in [9.17, 15) is 49.1 Å². The minimum atomic E-state index is -5.12. The van der Waals surface area contributed by atoms with Gasteiger partial charge in [-0.3, -0.25) is 9.59 Å². The lowest BCUT2D eigenvalue weighted by Gasteiger charge is -2.44. The number of carbonyl (C=O) groups is 2. The molecule has 9 nitrogen and oxygen atoms in total. The Bertz CT molecular complexity index is 1600. The van der Waals surface area contributed by atoms with Crippen LogP contribution in [0.5, 0.6) is 0 Å². The molecule has 2 heterocycles. The van der Waals surface area contributed by atoms with Crippen LogP contribution in [-0.2, 0) is 39.4 Å². The van der Waals surface area contributed by atoms with Gasteiger partial charge in [-0.05, 0) is 67.3 Å². The summed E-state index contributed by atoms with van der Waals surface area (Å²) < 4.78 is 128. The zero-order chi connectivity index (χ0) is 38.3. The molecule has 0 aliphatic carbocycles. The van der Waals surface area contributed by atoms with Crippen molar-refractivity contribution < 1.29 is 58.9 Å². The SMILES string of the molecule is CCOC=O.CC[C@@H]1C[C@H](N(Cc2cc(C(F)(F)F)cc(C(F)(F)F)c2)c2ncc(N(C)CCC(=O)O)cn2)c2cc(C(F)(F)F)ccc2N1C. The molecule has 1 aliphatic heterocycles. The van der Waals surface area contributed by atoms with Crippen LogP contribution in [0.25, 0.3) is 0 Å². The second-order valence-electron chi connectivity index (χ2n) is 11.6. The fourth-order valence-electron chi connectivity index (χ4n) is 5.54. The van der Waals surface area contributed by atoms with Crippen molar-refractivity contribution in [1.29, 1.82) is 0 Å². The molecule has 0 saturated heterocycles. The molecule has 0 spiro atoms. The van der Waals surface area contributed by atoms with E-state index in [2.05, 4.69) is 14.7 Å². The lowest BCUT2D eigenvalue weighted by Crippen LogP contribution is -2.43. The van der Waals surface area contributed by atoms with Gasteiger partial charge in [0.1, 0.15) is 0 Å². The minimum Gasteiger partial charge on any atom is -0.481 e. The van der Waals surface area contributed by atoms with Crippen molar-refractivity contribution in [3.63, 3.8) is 0 Å². The van der Waals surface area contributed by atoms with Crippen LogP contribution in [0.1, 0.15) is 67.0 Å². The second-order valence-corrected chi connectivity index (χ2v) is 11.6. The highest BCUT2D eigenvalue weighted by atomic mass is 19.4. The molecule has 280 valence electrons. The van der Waals surface area contributed by atoms with E-state index in [1.54, 1.807) is 25.9 Å². The van der Waals surface area contributed by atoms with E-state index in [-0.39, 0.29) is 43.0 Å². The number of anilines is 3. The van der Waals surface area contributed by atoms with Crippen LogP contribution in [-0.4, -0.2) is 60.8 Å². The summed E-state index contributed by atoms with van der Waals surface area (Å²) in [6, 6.07) is 3.01. The number of aromatic nitrogens is 2. The Morgan fingerprint density at radius 3 is 1.96 bits per heavy atom. The van der Waals surface area contributed by atoms with Crippen LogP contribution in [0.2, 0.25) is 0 Å². The molecule has 4 rings (SSSR count). The number of hydrogen-bond acceptors (Lipinski definition) is 8. The Labute approximate surface area is 287 Å². The van der Waals surface area contributed by atoms with Crippen molar-refractivity contribution in [2.45, 2.75) is 70.3 Å². The van der Waals surface area contributed by atoms with Crippen LogP contribution < -0.4 is 14.7 Å². The summed E-state index contributed by atoms with van der Waals surface area (Å²) in [6.07, 6.45) is -11.9. The van der Waals surface area contributed by atoms with E-state index in [1.807, 2.05) is 6.92 Å². The summed E-state index contributed by atoms with van der Waals surface area (Å²) in [5.41, 5.74) is -3.55. The average molecular weight is 738 g/mol. The molecule has 0 fully saturated rings. The summed E-state index contributed by atoms with van der Waals surface area (Å²) >= 11 is 0. The summed E-state index contributed by atoms with van der Waals surface area (Å²) in [7, 11) is 3.26. The number of aliphatic carboxylic acids is 1. The largest absolute Gasteiger partial charge is 0.481 e. The first-order chi connectivity index (χ1) is 23.7. The van der Waals surface area contributed by atoms with Crippen molar-refractivity contribution in [3.8, 4) is 0 Å². The standard InChI is InChI=1S/C30H30F9N5O2.C3H6O2/c1-4-21-13-25(23-12-18(28(31,32)33)5-6-24(23)43(21)3)44(27-40-14-22(15-41-27)42(2)8-7-26(45)46)16-17-9-19(29(34,35)36)11-20(10-17)30(37,38)39;1-2-5-3-4/h5-6,9-12,14-15,21,25H,4,7-8,13,16H2,1-3H3,(H,45,46);3H,2H2,1H3/t21-,25+;/m1./s1. The van der Waals surface area contributed by atoms with Gasteiger partial charge in [0.05, 0.1) is 53.8 Å². The van der Waals surface area contributed by atoms with Crippen molar-refractivity contribution in [2.24, 2.45) is 0 Å². The number of hydrogen-bond donors (Lipinski definition) is 1. The first-order valence-corrected chi connectivity index (χ1v) is 15.5. The molecule has 1 N–H and O–H groups in total. The van der Waals surface area contributed by atoms with Gasteiger partial charge in [0.2, 0.25) is 5.95 Å². The summed E-state index contributed by atoms with van der Waals surface area (Å²) in [4.78, 5) is 33.4. The number of halogens is 9. The number of fused-ring (bicyclic) bond motifs is 1. The fraction of sp³-hybridized carbons (Fsp3) is 0.455. The van der Waals surface area contributed by atoms with Gasteiger partial charge in [-0.25, -0.2) is 9.97 Å². The van der Waals surface area contributed by atoms with Crippen molar-refractivity contribution in [2.75, 3.05) is 41.9 Å². The van der Waals surface area contributed by atoms with Crippen LogP contribution >= 0.6 is 0 Å². The molecule has 2 aromatic carbocycles. The molecular formula is C33H36F9N5O4. The third kappa shape index (κ3) is 10.6. The van der Waals surface area contributed by atoms with Gasteiger partial charge in [-0.2, -0.15) is 39.5 Å². The number of benzene rings is 2. The highest BCUT2D eigenvalue weighted by Gasteiger charge is 2.40. The number of nitrogens with zero attached hydrogens (tertiary/aromatic N) is 5. The van der Waals surface area contributed by atoms with Crippen molar-refractivity contribution in [3.05, 3.63) is 76.6 Å². The Morgan fingerprint density at radius 1 is 0.941 bits per heavy atom. The number of carbonyl (C=O) groups excluding carboxylic acids is 1. The van der Waals surface area contributed by atoms with E-state index in [4.69, 9.17) is 5.11 Å². The van der Waals surface area contributed by atoms with Gasteiger partial charge in [-0.1, -0.05) is 6.92 Å². The molecule has 0 radical (unpaired) electrons. The van der Waals surface area contributed by atoms with E-state index in [0.29, 0.717) is 43.0 Å². The van der Waals surface area contributed by atoms with Crippen LogP contribution in [0, 0.1) is 0 Å². The first kappa shape index (κ1) is 40.7. The molecule has 0 saturated carbocycles. The quantitative estimate of drug-likeness (QED) is 0.155. The van der Waals surface area contributed by atoms with E-state index < -0.39 is 59.3 Å². The van der Waals surface area contributed by atoms with Gasteiger partial charge >= 0.3 is 24.5 Å². The maximum absolute atomic E-state index is 13.8. The summed E-state index contributed by atoms with van der Waals surface area (Å²) in [6.45, 7) is 3.98. The van der Waals surface area contributed by atoms with Crippen molar-refractivity contribution >= 4 is 29.8 Å². The predicted octanol–water partition coefficient (Wildman–Crippen LogP) is 7.99. The van der Waals surface area contributed by atoms with Crippen molar-refractivity contribution in [1.82, 2.24) is 9.97 Å². The zero-order valence-electron chi connectivity index (χ0n) is 27.9. The molecule has 51 heavy (non-hydrogen) atoms. The normalized spacial score (nSPS) is 16.1. The van der Waals surface area contributed by atoms with E-state index in [0.717, 1.165) is 12.1 Å². The third-order valence-corrected chi connectivity index (χ3v) is 8.20. The molecule has 0 amide bonds. The topological polar surface area (TPSA) is 99.1 Å². The monoisotopic (exact) mass is 737 g/mol. The van der Waals surface area contributed by atoms with Gasteiger partial charge in [0.15, 0.2) is 0 Å². The maximum atomic E-state index is 13.8. The average Bonchev–Trinajstić information content (AvgIpc) is 3.06. The fourth-order valence-corrected chi connectivity index (χ4v) is 5.54. The lowest BCUT2D eigenvalue weighted by molar-refractivity contribution is -0.143. The van der Waals surface area contributed by atoms with E-state index >= 15 is 0 Å². The van der Waals surface area contributed by atoms with Gasteiger partial charge in [0.25, 0.3) is 6.47 Å². The molecular weight excluding hydrogens is 701 g/mol. The lowest BCUT2D eigenvalue weighted by atomic mass is 9.87. The number of alkyl halides is 9. The number of carboxylic acid groups (broad SMARTS) is 1. The smallest absolute Gasteiger partial charge is 0.416 e. The molecule has 1 aliphatic rings. The van der Waals surface area contributed by atoms with Gasteiger partial charge < -0.3 is 24.5 Å². The first-order valence-electron chi connectivity index (χ1n) is 15.5. The number of ether oxygens (including phenoxy) is 1. The Morgan fingerprint density at radius 2 is 1.51 bits per heavy atom. The Kier molecular flexibility index (Phi) is 13.2. The second kappa shape index (κ2) is 16.5. The minimum absolute atomic E-state index is 0.000312. The molecule has 3 aromatic rings. The zero-order valence-corrected chi connectivity index (χ0v) is 27.9. The predicted molar refractivity (Wildman–Crippen MR) is 169 cm³/mol. The molecule has 1 aromatic heterocycles. The molecule has 2 atom stereocenters. The van der Waals surface area contributed by atoms with Gasteiger partial charge in [-0.15, -0.1) is 0 Å². The third-order valence-electron chi connectivity index (χ3n) is 8.20. The Balaban J connectivity index is 0.00000131. The van der Waals surface area contributed by atoms with Crippen LogP contribution in [0.3, 0.4) is 0 Å².